The smallest absolute Gasteiger partial charge is 0.255 e. The van der Waals surface area contributed by atoms with Crippen molar-refractivity contribution in [2.24, 2.45) is 0 Å². The Morgan fingerprint density at radius 3 is 2.42 bits per heavy atom. The van der Waals surface area contributed by atoms with Crippen LogP contribution in [0.15, 0.2) is 42.5 Å². The molecule has 2 aromatic carbocycles. The monoisotopic (exact) mass is 293 g/mol. The highest BCUT2D eigenvalue weighted by molar-refractivity contribution is 6.34. The Hall–Kier alpha value is -1.51. The second-order valence-electron chi connectivity index (χ2n) is 4.27. The summed E-state index contributed by atoms with van der Waals surface area (Å²) in [5.74, 6) is 0.248. The molecule has 0 fully saturated rings. The Morgan fingerprint density at radius 1 is 1.16 bits per heavy atom. The molecule has 98 valence electrons. The maximum atomic E-state index is 12.0. The fraction of sp³-hybridized carbons (Fsp3) is 0.133. The molecular weight excluding hydrogens is 281 g/mol. The van der Waals surface area contributed by atoms with Crippen LogP contribution in [0.2, 0.25) is 5.02 Å². The van der Waals surface area contributed by atoms with E-state index in [9.17, 15) is 4.79 Å². The van der Waals surface area contributed by atoms with Gasteiger partial charge in [0.1, 0.15) is 0 Å². The second-order valence-corrected chi connectivity index (χ2v) is 4.94. The van der Waals surface area contributed by atoms with E-state index in [1.165, 1.54) is 0 Å². The van der Waals surface area contributed by atoms with Crippen molar-refractivity contribution in [1.29, 1.82) is 0 Å². The third-order valence-corrected chi connectivity index (χ3v) is 3.36. The number of halogens is 2. The molecular formula is C15H13Cl2NO. The predicted molar refractivity (Wildman–Crippen MR) is 80.1 cm³/mol. The van der Waals surface area contributed by atoms with Gasteiger partial charge in [-0.1, -0.05) is 29.8 Å². The molecule has 2 nitrogen and oxygen atoms in total. The Morgan fingerprint density at radius 2 is 1.84 bits per heavy atom. The number of carbonyl (C=O) groups excluding carboxylic acids is 1. The van der Waals surface area contributed by atoms with Crippen molar-refractivity contribution >= 4 is 34.8 Å². The summed E-state index contributed by atoms with van der Waals surface area (Å²) in [7, 11) is 0. The second kappa shape index (κ2) is 6.09. The summed E-state index contributed by atoms with van der Waals surface area (Å²) in [4.78, 5) is 12.0. The van der Waals surface area contributed by atoms with Gasteiger partial charge in [0.25, 0.3) is 5.91 Å². The zero-order valence-corrected chi connectivity index (χ0v) is 11.9. The maximum absolute atomic E-state index is 12.0. The van der Waals surface area contributed by atoms with Crippen molar-refractivity contribution in [3.63, 3.8) is 0 Å². The van der Waals surface area contributed by atoms with Gasteiger partial charge in [-0.15, -0.1) is 11.6 Å². The molecule has 0 heterocycles. The zero-order valence-electron chi connectivity index (χ0n) is 10.4. The van der Waals surface area contributed by atoms with Gasteiger partial charge in [-0.05, 0) is 42.3 Å². The summed E-state index contributed by atoms with van der Waals surface area (Å²) < 4.78 is 0. The molecule has 0 aliphatic rings. The molecule has 0 atom stereocenters. The Kier molecular flexibility index (Phi) is 4.46. The largest absolute Gasteiger partial charge is 0.321 e. The summed E-state index contributed by atoms with van der Waals surface area (Å²) in [6.07, 6.45) is 0. The van der Waals surface area contributed by atoms with E-state index in [1.807, 2.05) is 31.2 Å². The number of hydrogen-bond acceptors (Lipinski definition) is 1. The molecule has 0 saturated carbocycles. The van der Waals surface area contributed by atoms with Crippen molar-refractivity contribution in [1.82, 2.24) is 0 Å². The van der Waals surface area contributed by atoms with Crippen LogP contribution in [0.4, 0.5) is 5.69 Å². The maximum Gasteiger partial charge on any atom is 0.255 e. The lowest BCUT2D eigenvalue weighted by Gasteiger charge is -2.08. The van der Waals surface area contributed by atoms with Crippen molar-refractivity contribution in [3.8, 4) is 0 Å². The highest BCUT2D eigenvalue weighted by Gasteiger charge is 2.08. The molecule has 1 amide bonds. The molecule has 0 spiro atoms. The number of nitrogens with one attached hydrogen (secondary N) is 1. The van der Waals surface area contributed by atoms with Gasteiger partial charge in [0.2, 0.25) is 0 Å². The van der Waals surface area contributed by atoms with Gasteiger partial charge in [-0.25, -0.2) is 0 Å². The quantitative estimate of drug-likeness (QED) is 0.821. The first kappa shape index (κ1) is 13.9. The van der Waals surface area contributed by atoms with Gasteiger partial charge >= 0.3 is 0 Å². The van der Waals surface area contributed by atoms with Crippen LogP contribution in [0.25, 0.3) is 0 Å². The minimum atomic E-state index is -0.188. The van der Waals surface area contributed by atoms with Crippen LogP contribution >= 0.6 is 23.2 Å². The van der Waals surface area contributed by atoms with Crippen LogP contribution in [-0.4, -0.2) is 5.91 Å². The molecule has 4 heteroatoms. The van der Waals surface area contributed by atoms with Crippen LogP contribution in [0.3, 0.4) is 0 Å². The first-order valence-electron chi connectivity index (χ1n) is 5.82. The number of aryl methyl sites for hydroxylation is 1. The van der Waals surface area contributed by atoms with Crippen LogP contribution in [0, 0.1) is 6.92 Å². The van der Waals surface area contributed by atoms with E-state index in [2.05, 4.69) is 5.32 Å². The molecule has 0 radical (unpaired) electrons. The van der Waals surface area contributed by atoms with E-state index in [0.29, 0.717) is 22.2 Å². The van der Waals surface area contributed by atoms with Gasteiger partial charge in [-0.3, -0.25) is 4.79 Å². The van der Waals surface area contributed by atoms with Crippen molar-refractivity contribution in [2.75, 3.05) is 5.32 Å². The number of anilines is 1. The molecule has 0 unspecified atom stereocenters. The fourth-order valence-electron chi connectivity index (χ4n) is 1.66. The third kappa shape index (κ3) is 3.49. The van der Waals surface area contributed by atoms with E-state index >= 15 is 0 Å². The topological polar surface area (TPSA) is 29.1 Å². The molecule has 0 aromatic heterocycles. The normalized spacial score (nSPS) is 10.3. The van der Waals surface area contributed by atoms with Gasteiger partial charge < -0.3 is 5.32 Å². The molecule has 0 bridgehead atoms. The molecule has 19 heavy (non-hydrogen) atoms. The van der Waals surface area contributed by atoms with Crippen molar-refractivity contribution < 1.29 is 4.79 Å². The summed E-state index contributed by atoms with van der Waals surface area (Å²) >= 11 is 11.8. The number of amides is 1. The number of carbonyl (C=O) groups is 1. The summed E-state index contributed by atoms with van der Waals surface area (Å²) in [5, 5.41) is 3.32. The third-order valence-electron chi connectivity index (χ3n) is 2.74. The van der Waals surface area contributed by atoms with Crippen molar-refractivity contribution in [2.45, 2.75) is 12.8 Å². The van der Waals surface area contributed by atoms with Gasteiger partial charge in [0.05, 0.1) is 10.7 Å². The van der Waals surface area contributed by atoms with Gasteiger partial charge in [-0.2, -0.15) is 0 Å². The Balaban J connectivity index is 2.15. The SMILES string of the molecule is Cc1ccc(NC(=O)c2ccc(CCl)cc2)c(Cl)c1. The lowest BCUT2D eigenvalue weighted by atomic mass is 10.1. The fourth-order valence-corrected chi connectivity index (χ4v) is 2.12. The summed E-state index contributed by atoms with van der Waals surface area (Å²) in [6, 6.07) is 12.7. The summed E-state index contributed by atoms with van der Waals surface area (Å²) in [6.45, 7) is 1.95. The van der Waals surface area contributed by atoms with Crippen molar-refractivity contribution in [3.05, 3.63) is 64.2 Å². The van der Waals surface area contributed by atoms with E-state index in [1.54, 1.807) is 18.2 Å². The Bertz CT molecular complexity index is 594. The zero-order chi connectivity index (χ0) is 13.8. The van der Waals surface area contributed by atoms with E-state index in [-0.39, 0.29) is 5.91 Å². The lowest BCUT2D eigenvalue weighted by molar-refractivity contribution is 0.102. The molecule has 0 aliphatic carbocycles. The standard InChI is InChI=1S/C15H13Cl2NO/c1-10-2-7-14(13(17)8-10)18-15(19)12-5-3-11(9-16)4-6-12/h2-8H,9H2,1H3,(H,18,19). The van der Waals surface area contributed by atoms with Crippen LogP contribution < -0.4 is 5.32 Å². The summed E-state index contributed by atoms with van der Waals surface area (Å²) in [5.41, 5.74) is 3.21. The average molecular weight is 294 g/mol. The van der Waals surface area contributed by atoms with Crippen LogP contribution in [-0.2, 0) is 5.88 Å². The number of alkyl halides is 1. The molecule has 0 saturated heterocycles. The van der Waals surface area contributed by atoms with Gasteiger partial charge in [0.15, 0.2) is 0 Å². The minimum Gasteiger partial charge on any atom is -0.321 e. The van der Waals surface area contributed by atoms with Gasteiger partial charge in [0, 0.05) is 11.4 Å². The number of benzene rings is 2. The van der Waals surface area contributed by atoms with Crippen LogP contribution in [0.5, 0.6) is 0 Å². The Labute approximate surface area is 122 Å². The first-order valence-corrected chi connectivity index (χ1v) is 6.74. The predicted octanol–water partition coefficient (Wildman–Crippen LogP) is 4.64. The highest BCUT2D eigenvalue weighted by atomic mass is 35.5. The lowest BCUT2D eigenvalue weighted by Crippen LogP contribution is -2.12. The van der Waals surface area contributed by atoms with Crippen LogP contribution in [0.1, 0.15) is 21.5 Å². The van der Waals surface area contributed by atoms with E-state index in [4.69, 9.17) is 23.2 Å². The first-order chi connectivity index (χ1) is 9.10. The van der Waals surface area contributed by atoms with E-state index < -0.39 is 0 Å². The molecule has 1 N–H and O–H groups in total. The average Bonchev–Trinajstić information content (AvgIpc) is 2.42. The molecule has 0 aliphatic heterocycles. The molecule has 2 rings (SSSR count). The minimum absolute atomic E-state index is 0.188. The number of hydrogen-bond donors (Lipinski definition) is 1. The molecule has 2 aromatic rings. The van der Waals surface area contributed by atoms with E-state index in [0.717, 1.165) is 11.1 Å². The highest BCUT2D eigenvalue weighted by Crippen LogP contribution is 2.23. The number of rotatable bonds is 3.